The van der Waals surface area contributed by atoms with E-state index in [4.69, 9.17) is 4.74 Å². The van der Waals surface area contributed by atoms with E-state index in [1.54, 1.807) is 18.7 Å². The summed E-state index contributed by atoms with van der Waals surface area (Å²) >= 11 is 0. The molecule has 1 aliphatic heterocycles. The summed E-state index contributed by atoms with van der Waals surface area (Å²) in [5.74, 6) is -1.24. The van der Waals surface area contributed by atoms with Crippen LogP contribution in [0.2, 0.25) is 0 Å². The summed E-state index contributed by atoms with van der Waals surface area (Å²) in [5, 5.41) is 12.7. The SMILES string of the molecule is CCCC(NC(C)C(=O)N1C(C(=O)O)CC2CCCCC21)C(=O)OCC. The second-order valence-corrected chi connectivity index (χ2v) is 7.43. The van der Waals surface area contributed by atoms with Gasteiger partial charge in [0.25, 0.3) is 0 Å². The topological polar surface area (TPSA) is 95.9 Å². The van der Waals surface area contributed by atoms with Gasteiger partial charge in [0, 0.05) is 6.04 Å². The third kappa shape index (κ3) is 4.55. The molecule has 0 aromatic carbocycles. The number of fused-ring (bicyclic) bond motifs is 1. The molecule has 26 heavy (non-hydrogen) atoms. The summed E-state index contributed by atoms with van der Waals surface area (Å²) in [4.78, 5) is 38.5. The van der Waals surface area contributed by atoms with E-state index in [9.17, 15) is 19.5 Å². The fraction of sp³-hybridized carbons (Fsp3) is 0.842. The van der Waals surface area contributed by atoms with Gasteiger partial charge in [-0.1, -0.05) is 26.2 Å². The molecule has 1 aliphatic carbocycles. The Morgan fingerprint density at radius 3 is 2.54 bits per heavy atom. The van der Waals surface area contributed by atoms with Crippen molar-refractivity contribution >= 4 is 17.8 Å². The highest BCUT2D eigenvalue weighted by Crippen LogP contribution is 2.40. The number of amides is 1. The average molecular weight is 368 g/mol. The molecule has 2 N–H and O–H groups in total. The van der Waals surface area contributed by atoms with E-state index in [1.807, 2.05) is 6.92 Å². The van der Waals surface area contributed by atoms with Gasteiger partial charge in [0.15, 0.2) is 0 Å². The lowest BCUT2D eigenvalue weighted by molar-refractivity contribution is -0.152. The van der Waals surface area contributed by atoms with E-state index in [0.29, 0.717) is 19.4 Å². The summed E-state index contributed by atoms with van der Waals surface area (Å²) in [5.41, 5.74) is 0. The summed E-state index contributed by atoms with van der Waals surface area (Å²) in [6, 6.07) is -1.92. The standard InChI is InChI=1S/C19H32N2O5/c1-4-8-14(19(25)26-5-2)20-12(3)17(22)21-15-10-7-6-9-13(15)11-16(21)18(23)24/h12-16,20H,4-11H2,1-3H3,(H,23,24). The lowest BCUT2D eigenvalue weighted by Crippen LogP contribution is -2.55. The van der Waals surface area contributed by atoms with Crippen LogP contribution in [0.1, 0.15) is 65.7 Å². The summed E-state index contributed by atoms with van der Waals surface area (Å²) < 4.78 is 5.09. The van der Waals surface area contributed by atoms with Crippen molar-refractivity contribution in [3.63, 3.8) is 0 Å². The van der Waals surface area contributed by atoms with Gasteiger partial charge in [-0.25, -0.2) is 4.79 Å². The molecule has 0 aromatic heterocycles. The van der Waals surface area contributed by atoms with Crippen molar-refractivity contribution in [1.29, 1.82) is 0 Å². The van der Waals surface area contributed by atoms with Gasteiger partial charge in [-0.3, -0.25) is 14.9 Å². The van der Waals surface area contributed by atoms with Crippen molar-refractivity contribution < 1.29 is 24.2 Å². The van der Waals surface area contributed by atoms with Gasteiger partial charge in [-0.05, 0) is 45.4 Å². The quantitative estimate of drug-likeness (QED) is 0.636. The molecule has 0 aromatic rings. The van der Waals surface area contributed by atoms with Crippen LogP contribution in [0.5, 0.6) is 0 Å². The number of carboxylic acid groups (broad SMARTS) is 1. The number of hydrogen-bond donors (Lipinski definition) is 2. The first-order valence-corrected chi connectivity index (χ1v) is 9.88. The number of carbonyl (C=O) groups excluding carboxylic acids is 2. The van der Waals surface area contributed by atoms with Crippen molar-refractivity contribution in [2.24, 2.45) is 5.92 Å². The first-order valence-electron chi connectivity index (χ1n) is 9.88. The smallest absolute Gasteiger partial charge is 0.326 e. The second kappa shape index (κ2) is 9.35. The number of hydrogen-bond acceptors (Lipinski definition) is 5. The predicted molar refractivity (Wildman–Crippen MR) is 96.6 cm³/mol. The summed E-state index contributed by atoms with van der Waals surface area (Å²) in [6.45, 7) is 5.72. The minimum atomic E-state index is -0.935. The van der Waals surface area contributed by atoms with Gasteiger partial charge >= 0.3 is 11.9 Å². The lowest BCUT2D eigenvalue weighted by atomic mass is 9.84. The second-order valence-electron chi connectivity index (χ2n) is 7.43. The largest absolute Gasteiger partial charge is 0.480 e. The first-order chi connectivity index (χ1) is 12.4. The van der Waals surface area contributed by atoms with Crippen LogP contribution in [0.4, 0.5) is 0 Å². The van der Waals surface area contributed by atoms with Gasteiger partial charge in [-0.15, -0.1) is 0 Å². The summed E-state index contributed by atoms with van der Waals surface area (Å²) in [6.07, 6.45) is 5.87. The number of ether oxygens (including phenoxy) is 1. The molecule has 1 amide bonds. The van der Waals surface area contributed by atoms with Crippen LogP contribution in [0.15, 0.2) is 0 Å². The zero-order valence-corrected chi connectivity index (χ0v) is 16.1. The number of nitrogens with zero attached hydrogens (tertiary/aromatic N) is 1. The van der Waals surface area contributed by atoms with E-state index < -0.39 is 24.1 Å². The van der Waals surface area contributed by atoms with Crippen LogP contribution in [0.25, 0.3) is 0 Å². The molecule has 7 nitrogen and oxygen atoms in total. The number of nitrogens with one attached hydrogen (secondary N) is 1. The van der Waals surface area contributed by atoms with E-state index in [1.165, 1.54) is 0 Å². The molecule has 0 radical (unpaired) electrons. The molecule has 7 heteroatoms. The molecule has 2 fully saturated rings. The molecular weight excluding hydrogens is 336 g/mol. The van der Waals surface area contributed by atoms with Crippen molar-refractivity contribution in [2.75, 3.05) is 6.61 Å². The minimum Gasteiger partial charge on any atom is -0.480 e. The molecule has 5 unspecified atom stereocenters. The Morgan fingerprint density at radius 1 is 1.23 bits per heavy atom. The van der Waals surface area contributed by atoms with Gasteiger partial charge < -0.3 is 14.7 Å². The number of carbonyl (C=O) groups is 3. The molecule has 1 saturated heterocycles. The van der Waals surface area contributed by atoms with Crippen molar-refractivity contribution in [3.8, 4) is 0 Å². The lowest BCUT2D eigenvalue weighted by Gasteiger charge is -2.35. The van der Waals surface area contributed by atoms with Crippen molar-refractivity contribution in [3.05, 3.63) is 0 Å². The van der Waals surface area contributed by atoms with E-state index >= 15 is 0 Å². The van der Waals surface area contributed by atoms with Crippen LogP contribution in [-0.4, -0.2) is 58.6 Å². The van der Waals surface area contributed by atoms with Crippen LogP contribution in [0.3, 0.4) is 0 Å². The van der Waals surface area contributed by atoms with Gasteiger partial charge in [0.05, 0.1) is 12.6 Å². The molecule has 2 rings (SSSR count). The van der Waals surface area contributed by atoms with Crippen molar-refractivity contribution in [1.82, 2.24) is 10.2 Å². The van der Waals surface area contributed by atoms with Crippen LogP contribution in [-0.2, 0) is 19.1 Å². The van der Waals surface area contributed by atoms with Crippen LogP contribution in [0, 0.1) is 5.92 Å². The number of esters is 1. The number of rotatable bonds is 8. The Kier molecular flexibility index (Phi) is 7.43. The first kappa shape index (κ1) is 20.7. The monoisotopic (exact) mass is 368 g/mol. The zero-order chi connectivity index (χ0) is 19.3. The molecule has 1 saturated carbocycles. The Balaban J connectivity index is 2.10. The van der Waals surface area contributed by atoms with E-state index in [-0.39, 0.29) is 23.8 Å². The molecule has 148 valence electrons. The Morgan fingerprint density at radius 2 is 1.92 bits per heavy atom. The minimum absolute atomic E-state index is 0.00817. The fourth-order valence-corrected chi connectivity index (χ4v) is 4.39. The fourth-order valence-electron chi connectivity index (χ4n) is 4.39. The Bertz CT molecular complexity index is 524. The highest BCUT2D eigenvalue weighted by molar-refractivity contribution is 5.88. The van der Waals surface area contributed by atoms with Gasteiger partial charge in [-0.2, -0.15) is 0 Å². The number of aliphatic carboxylic acids is 1. The van der Waals surface area contributed by atoms with Crippen molar-refractivity contribution in [2.45, 2.75) is 89.9 Å². The maximum absolute atomic E-state index is 13.1. The van der Waals surface area contributed by atoms with Crippen LogP contribution < -0.4 is 5.32 Å². The molecule has 1 heterocycles. The number of carboxylic acids is 1. The highest BCUT2D eigenvalue weighted by Gasteiger charge is 2.48. The molecule has 0 spiro atoms. The molecular formula is C19H32N2O5. The maximum Gasteiger partial charge on any atom is 0.326 e. The van der Waals surface area contributed by atoms with Gasteiger partial charge in [0.2, 0.25) is 5.91 Å². The molecule has 5 atom stereocenters. The normalized spacial score (nSPS) is 27.5. The average Bonchev–Trinajstić information content (AvgIpc) is 3.00. The zero-order valence-electron chi connectivity index (χ0n) is 16.1. The Labute approximate surface area is 155 Å². The Hall–Kier alpha value is -1.63. The maximum atomic E-state index is 13.1. The number of likely N-dealkylation sites (tertiary alicyclic amines) is 1. The molecule has 2 aliphatic rings. The van der Waals surface area contributed by atoms with Gasteiger partial charge in [0.1, 0.15) is 12.1 Å². The van der Waals surface area contributed by atoms with E-state index in [0.717, 1.165) is 32.1 Å². The van der Waals surface area contributed by atoms with Crippen LogP contribution >= 0.6 is 0 Å². The molecule has 0 bridgehead atoms. The summed E-state index contributed by atoms with van der Waals surface area (Å²) in [7, 11) is 0. The predicted octanol–water partition coefficient (Wildman–Crippen LogP) is 1.94. The van der Waals surface area contributed by atoms with E-state index in [2.05, 4.69) is 5.32 Å². The third-order valence-corrected chi connectivity index (χ3v) is 5.60. The third-order valence-electron chi connectivity index (χ3n) is 5.60. The highest BCUT2D eigenvalue weighted by atomic mass is 16.5.